The van der Waals surface area contributed by atoms with E-state index in [0.717, 1.165) is 16.2 Å². The Morgan fingerprint density at radius 3 is 1.48 bits per heavy atom. The normalized spacial score (nSPS) is 12.0. The first-order chi connectivity index (χ1) is 10.4. The van der Waals surface area contributed by atoms with Crippen LogP contribution in [0.1, 0.15) is 16.7 Å². The number of halogens is 1. The molecule has 0 N–H and O–H groups in total. The Kier molecular flexibility index (Phi) is 2.90. The summed E-state index contributed by atoms with van der Waals surface area (Å²) in [7, 11) is 0. The summed E-state index contributed by atoms with van der Waals surface area (Å²) in [5, 5.41) is 0.813. The lowest BCUT2D eigenvalue weighted by Crippen LogP contribution is -1.86. The highest BCUT2D eigenvalue weighted by Gasteiger charge is 2.25. The average molecular weight is 289 g/mol. The van der Waals surface area contributed by atoms with Gasteiger partial charge in [-0.05, 0) is 27.8 Å². The van der Waals surface area contributed by atoms with E-state index in [-0.39, 0.29) is 0 Å². The van der Waals surface area contributed by atoms with Crippen LogP contribution < -0.4 is 0 Å². The molecule has 4 rings (SSSR count). The van der Waals surface area contributed by atoms with Crippen LogP contribution >= 0.6 is 11.6 Å². The van der Waals surface area contributed by atoms with Crippen LogP contribution in [0.25, 0.3) is 21.7 Å². The third kappa shape index (κ3) is 1.91. The van der Waals surface area contributed by atoms with Crippen LogP contribution in [0.3, 0.4) is 0 Å². The van der Waals surface area contributed by atoms with Gasteiger partial charge in [0, 0.05) is 5.57 Å². The maximum absolute atomic E-state index is 6.75. The second kappa shape index (κ2) is 4.91. The van der Waals surface area contributed by atoms with Crippen LogP contribution in [0, 0.1) is 0 Å². The first-order valence-corrected chi connectivity index (χ1v) is 7.38. The van der Waals surface area contributed by atoms with Gasteiger partial charge >= 0.3 is 0 Å². The van der Waals surface area contributed by atoms with E-state index in [9.17, 15) is 0 Å². The zero-order valence-electron chi connectivity index (χ0n) is 11.4. The molecule has 1 heteroatoms. The molecule has 0 atom stereocenters. The molecule has 0 saturated carbocycles. The molecule has 0 unspecified atom stereocenters. The Morgan fingerprint density at radius 1 is 0.524 bits per heavy atom. The van der Waals surface area contributed by atoms with E-state index in [1.165, 1.54) is 22.3 Å². The quantitative estimate of drug-likeness (QED) is 0.414. The highest BCUT2D eigenvalue weighted by molar-refractivity contribution is 6.54. The van der Waals surface area contributed by atoms with Gasteiger partial charge in [-0.3, -0.25) is 0 Å². The second-order valence-electron chi connectivity index (χ2n) is 5.15. The number of hydrogen-bond donors (Lipinski definition) is 0. The molecule has 0 nitrogen and oxygen atoms in total. The number of hydrogen-bond acceptors (Lipinski definition) is 0. The summed E-state index contributed by atoms with van der Waals surface area (Å²) in [5.41, 5.74) is 7.14. The fourth-order valence-corrected chi connectivity index (χ4v) is 3.31. The largest absolute Gasteiger partial charge is 0.0830 e. The van der Waals surface area contributed by atoms with Crippen molar-refractivity contribution in [1.82, 2.24) is 0 Å². The van der Waals surface area contributed by atoms with Crippen molar-refractivity contribution in [2.24, 2.45) is 0 Å². The molecule has 0 fully saturated rings. The SMILES string of the molecule is ClC(=C1c2ccccc2-c2ccccc21)c1ccccc1. The molecule has 3 aromatic carbocycles. The van der Waals surface area contributed by atoms with Crippen LogP contribution in [0.2, 0.25) is 0 Å². The van der Waals surface area contributed by atoms with Gasteiger partial charge < -0.3 is 0 Å². The van der Waals surface area contributed by atoms with Gasteiger partial charge in [-0.2, -0.15) is 0 Å². The molecule has 0 aromatic heterocycles. The average Bonchev–Trinajstić information content (AvgIpc) is 2.90. The molecule has 3 aromatic rings. The van der Waals surface area contributed by atoms with Crippen LogP contribution in [0.5, 0.6) is 0 Å². The first kappa shape index (κ1) is 12.4. The maximum Gasteiger partial charge on any atom is 0.0563 e. The molecule has 1 aliphatic rings. The van der Waals surface area contributed by atoms with Gasteiger partial charge in [-0.15, -0.1) is 0 Å². The van der Waals surface area contributed by atoms with Crippen molar-refractivity contribution in [1.29, 1.82) is 0 Å². The van der Waals surface area contributed by atoms with Gasteiger partial charge in [0.1, 0.15) is 0 Å². The summed E-state index contributed by atoms with van der Waals surface area (Å²) >= 11 is 6.75. The number of benzene rings is 3. The first-order valence-electron chi connectivity index (χ1n) is 7.00. The standard InChI is InChI=1S/C20H13Cl/c21-20(14-8-2-1-3-9-14)19-17-12-6-4-10-15(17)16-11-5-7-13-18(16)19/h1-13H. The molecule has 1 aliphatic carbocycles. The topological polar surface area (TPSA) is 0 Å². The van der Waals surface area contributed by atoms with Gasteiger partial charge in [0.2, 0.25) is 0 Å². The predicted octanol–water partition coefficient (Wildman–Crippen LogP) is 5.82. The van der Waals surface area contributed by atoms with Crippen molar-refractivity contribution in [2.75, 3.05) is 0 Å². The van der Waals surface area contributed by atoms with Gasteiger partial charge in [-0.1, -0.05) is 90.5 Å². The zero-order chi connectivity index (χ0) is 14.2. The summed E-state index contributed by atoms with van der Waals surface area (Å²) in [4.78, 5) is 0. The minimum absolute atomic E-state index is 0.813. The number of fused-ring (bicyclic) bond motifs is 3. The lowest BCUT2D eigenvalue weighted by atomic mass is 10.0. The van der Waals surface area contributed by atoms with Crippen molar-refractivity contribution < 1.29 is 0 Å². The van der Waals surface area contributed by atoms with Crippen LogP contribution in [-0.4, -0.2) is 0 Å². The highest BCUT2D eigenvalue weighted by atomic mass is 35.5. The minimum Gasteiger partial charge on any atom is -0.0830 e. The lowest BCUT2D eigenvalue weighted by molar-refractivity contribution is 1.63. The van der Waals surface area contributed by atoms with E-state index >= 15 is 0 Å². The van der Waals surface area contributed by atoms with E-state index in [4.69, 9.17) is 11.6 Å². The Bertz CT molecular complexity index is 797. The van der Waals surface area contributed by atoms with Crippen LogP contribution in [0.15, 0.2) is 78.9 Å². The van der Waals surface area contributed by atoms with Crippen molar-refractivity contribution in [3.05, 3.63) is 95.6 Å². The maximum atomic E-state index is 6.75. The van der Waals surface area contributed by atoms with Crippen molar-refractivity contribution in [3.63, 3.8) is 0 Å². The molecule has 0 amide bonds. The van der Waals surface area contributed by atoms with Gasteiger partial charge in [0.25, 0.3) is 0 Å². The molecule has 0 spiro atoms. The Balaban J connectivity index is 2.06. The van der Waals surface area contributed by atoms with Gasteiger partial charge in [0.15, 0.2) is 0 Å². The Hall–Kier alpha value is -2.31. The smallest absolute Gasteiger partial charge is 0.0563 e. The Morgan fingerprint density at radius 2 is 0.952 bits per heavy atom. The molecule has 21 heavy (non-hydrogen) atoms. The summed E-state index contributed by atoms with van der Waals surface area (Å²) < 4.78 is 0. The lowest BCUT2D eigenvalue weighted by Gasteiger charge is -2.07. The summed E-state index contributed by atoms with van der Waals surface area (Å²) in [6.07, 6.45) is 0. The highest BCUT2D eigenvalue weighted by Crippen LogP contribution is 2.47. The van der Waals surface area contributed by atoms with Crippen molar-refractivity contribution >= 4 is 22.2 Å². The third-order valence-corrected chi connectivity index (χ3v) is 4.34. The van der Waals surface area contributed by atoms with Crippen LogP contribution in [0.4, 0.5) is 0 Å². The van der Waals surface area contributed by atoms with E-state index in [0.29, 0.717) is 0 Å². The van der Waals surface area contributed by atoms with Crippen LogP contribution in [-0.2, 0) is 0 Å². The third-order valence-electron chi connectivity index (χ3n) is 3.93. The fraction of sp³-hybridized carbons (Fsp3) is 0. The fourth-order valence-electron chi connectivity index (χ4n) is 2.98. The predicted molar refractivity (Wildman–Crippen MR) is 90.1 cm³/mol. The Labute approximate surface area is 129 Å². The summed E-state index contributed by atoms with van der Waals surface area (Å²) in [6.45, 7) is 0. The number of rotatable bonds is 1. The van der Waals surface area contributed by atoms with E-state index in [1.54, 1.807) is 0 Å². The molecule has 0 saturated heterocycles. The molecular weight excluding hydrogens is 276 g/mol. The van der Waals surface area contributed by atoms with E-state index in [1.807, 2.05) is 18.2 Å². The molecule has 100 valence electrons. The minimum atomic E-state index is 0.813. The molecule has 0 aliphatic heterocycles. The molecule has 0 heterocycles. The molecule has 0 bridgehead atoms. The molecule has 0 radical (unpaired) electrons. The second-order valence-corrected chi connectivity index (χ2v) is 5.52. The van der Waals surface area contributed by atoms with E-state index in [2.05, 4.69) is 60.7 Å². The van der Waals surface area contributed by atoms with Gasteiger partial charge in [0.05, 0.1) is 5.03 Å². The van der Waals surface area contributed by atoms with E-state index < -0.39 is 0 Å². The summed E-state index contributed by atoms with van der Waals surface area (Å²) in [6, 6.07) is 27.1. The zero-order valence-corrected chi connectivity index (χ0v) is 12.1. The summed E-state index contributed by atoms with van der Waals surface area (Å²) in [5.74, 6) is 0. The van der Waals surface area contributed by atoms with Crippen molar-refractivity contribution in [3.8, 4) is 11.1 Å². The monoisotopic (exact) mass is 288 g/mol. The van der Waals surface area contributed by atoms with Crippen molar-refractivity contribution in [2.45, 2.75) is 0 Å². The van der Waals surface area contributed by atoms with Gasteiger partial charge in [-0.25, -0.2) is 0 Å². The molecular formula is C20H13Cl.